The maximum Gasteiger partial charge on any atom is 0.269 e. The van der Waals surface area contributed by atoms with Gasteiger partial charge < -0.3 is 15.3 Å². The number of likely N-dealkylation sites (tertiary alicyclic amines) is 1. The summed E-state index contributed by atoms with van der Waals surface area (Å²) in [6, 6.07) is 13.0. The van der Waals surface area contributed by atoms with Gasteiger partial charge in [-0.15, -0.1) is 0 Å². The van der Waals surface area contributed by atoms with Gasteiger partial charge in [-0.2, -0.15) is 0 Å². The van der Waals surface area contributed by atoms with Gasteiger partial charge in [0.2, 0.25) is 11.8 Å². The molecule has 8 heteroatoms. The van der Waals surface area contributed by atoms with Crippen molar-refractivity contribution >= 4 is 17.5 Å². The second-order valence-corrected chi connectivity index (χ2v) is 10.5. The van der Waals surface area contributed by atoms with Gasteiger partial charge in [-0.3, -0.25) is 19.7 Å². The number of carbonyl (C=O) groups excluding carboxylic acids is 2. The number of hydrogen-bond donors (Lipinski definition) is 2. The van der Waals surface area contributed by atoms with Gasteiger partial charge in [0.1, 0.15) is 5.41 Å². The Kier molecular flexibility index (Phi) is 7.73. The van der Waals surface area contributed by atoms with E-state index < -0.39 is 16.4 Å². The second-order valence-electron chi connectivity index (χ2n) is 10.5. The summed E-state index contributed by atoms with van der Waals surface area (Å²) < 4.78 is 0. The number of hydrogen-bond acceptors (Lipinski definition) is 5. The Bertz CT molecular complexity index is 1090. The van der Waals surface area contributed by atoms with Crippen molar-refractivity contribution in [2.75, 3.05) is 6.54 Å². The number of nitro groups is 1. The highest BCUT2D eigenvalue weighted by Gasteiger charge is 2.59. The van der Waals surface area contributed by atoms with Crippen LogP contribution in [-0.2, 0) is 21.6 Å². The van der Waals surface area contributed by atoms with Crippen LogP contribution in [-0.4, -0.2) is 39.3 Å². The molecule has 0 unspecified atom stereocenters. The lowest BCUT2D eigenvalue weighted by atomic mass is 9.70. The number of nitrogens with zero attached hydrogens (tertiary/aromatic N) is 2. The maximum atomic E-state index is 14.1. The first kappa shape index (κ1) is 25.8. The molecule has 192 valence electrons. The van der Waals surface area contributed by atoms with E-state index in [9.17, 15) is 24.8 Å². The number of benzene rings is 2. The zero-order valence-corrected chi connectivity index (χ0v) is 21.0. The first-order valence-corrected chi connectivity index (χ1v) is 12.8. The number of rotatable bonds is 8. The Morgan fingerprint density at radius 1 is 1.11 bits per heavy atom. The molecule has 0 aromatic heterocycles. The number of carbonyl (C=O) groups is 2. The average Bonchev–Trinajstić information content (AvgIpc) is 3.21. The molecule has 2 atom stereocenters. The third-order valence-electron chi connectivity index (χ3n) is 7.58. The largest absolute Gasteiger partial charge is 0.392 e. The van der Waals surface area contributed by atoms with Crippen LogP contribution in [0.2, 0.25) is 0 Å². The van der Waals surface area contributed by atoms with Gasteiger partial charge in [-0.1, -0.05) is 69.5 Å². The Labute approximate surface area is 211 Å². The molecule has 1 heterocycles. The van der Waals surface area contributed by atoms with Crippen LogP contribution < -0.4 is 5.32 Å². The van der Waals surface area contributed by atoms with Crippen molar-refractivity contribution in [2.24, 2.45) is 5.92 Å². The summed E-state index contributed by atoms with van der Waals surface area (Å²) >= 11 is 0. The molecular formula is C28H35N3O5. The number of nitro benzene ring substituents is 1. The Hall–Kier alpha value is -3.26. The predicted octanol–water partition coefficient (Wildman–Crippen LogP) is 4.40. The monoisotopic (exact) mass is 493 g/mol. The van der Waals surface area contributed by atoms with E-state index >= 15 is 0 Å². The topological polar surface area (TPSA) is 113 Å². The summed E-state index contributed by atoms with van der Waals surface area (Å²) in [5, 5.41) is 24.0. The van der Waals surface area contributed by atoms with Gasteiger partial charge in [0, 0.05) is 31.1 Å². The Balaban J connectivity index is 1.89. The molecule has 2 amide bonds. The van der Waals surface area contributed by atoms with Crippen molar-refractivity contribution in [3.63, 3.8) is 0 Å². The minimum absolute atomic E-state index is 0.00232. The minimum Gasteiger partial charge on any atom is -0.392 e. The molecule has 2 aliphatic rings. The smallest absolute Gasteiger partial charge is 0.269 e. The lowest BCUT2D eigenvalue weighted by Gasteiger charge is -2.42. The van der Waals surface area contributed by atoms with Crippen LogP contribution in [0.3, 0.4) is 0 Å². The zero-order chi connectivity index (χ0) is 25.9. The number of aliphatic hydroxyl groups excluding tert-OH is 1. The molecule has 2 aromatic rings. The van der Waals surface area contributed by atoms with E-state index in [1.165, 1.54) is 12.1 Å². The van der Waals surface area contributed by atoms with Crippen LogP contribution in [0.25, 0.3) is 0 Å². The van der Waals surface area contributed by atoms with Gasteiger partial charge in [-0.25, -0.2) is 0 Å². The highest BCUT2D eigenvalue weighted by Crippen LogP contribution is 2.52. The van der Waals surface area contributed by atoms with E-state index in [1.807, 2.05) is 43.0 Å². The lowest BCUT2D eigenvalue weighted by Crippen LogP contribution is -2.50. The molecule has 2 fully saturated rings. The fourth-order valence-corrected chi connectivity index (χ4v) is 5.76. The summed E-state index contributed by atoms with van der Waals surface area (Å²) in [4.78, 5) is 40.7. The molecule has 0 spiro atoms. The summed E-state index contributed by atoms with van der Waals surface area (Å²) in [6.07, 6.45) is 4.99. The molecule has 0 radical (unpaired) electrons. The van der Waals surface area contributed by atoms with Crippen molar-refractivity contribution < 1.29 is 19.6 Å². The maximum absolute atomic E-state index is 14.1. The van der Waals surface area contributed by atoms with Crippen LogP contribution in [0.5, 0.6) is 0 Å². The molecule has 2 N–H and O–H groups in total. The molecule has 4 rings (SSSR count). The van der Waals surface area contributed by atoms with E-state index in [4.69, 9.17) is 0 Å². The molecule has 1 saturated carbocycles. The second kappa shape index (κ2) is 10.8. The van der Waals surface area contributed by atoms with Crippen LogP contribution in [0, 0.1) is 16.0 Å². The van der Waals surface area contributed by atoms with Gasteiger partial charge in [0.25, 0.3) is 5.69 Å². The Morgan fingerprint density at radius 2 is 1.75 bits per heavy atom. The molecule has 8 nitrogen and oxygen atoms in total. The molecular weight excluding hydrogens is 458 g/mol. The van der Waals surface area contributed by atoms with Gasteiger partial charge in [-0.05, 0) is 35.4 Å². The van der Waals surface area contributed by atoms with Gasteiger partial charge >= 0.3 is 0 Å². The van der Waals surface area contributed by atoms with Crippen molar-refractivity contribution in [1.82, 2.24) is 10.2 Å². The number of non-ortho nitro benzene ring substituents is 1. The van der Waals surface area contributed by atoms with Crippen LogP contribution in [0.15, 0.2) is 48.5 Å². The zero-order valence-electron chi connectivity index (χ0n) is 21.0. The SMILES string of the molecule is CC(C)CNC(=O)[C@@]1(c2ccc([N+](=O)[O-])cc2)CC(=O)N(C2CCCCC2)[C@@H]1c1ccc(CO)cc1. The summed E-state index contributed by atoms with van der Waals surface area (Å²) in [5.41, 5.74) is 0.865. The molecule has 0 bridgehead atoms. The van der Waals surface area contributed by atoms with Crippen LogP contribution in [0.4, 0.5) is 5.69 Å². The van der Waals surface area contributed by atoms with E-state index in [0.29, 0.717) is 12.1 Å². The minimum atomic E-state index is -1.24. The standard InChI is InChI=1S/C28H35N3O5/c1-19(2)17-29-27(34)28(22-12-14-24(15-13-22)31(35)36)16-25(33)30(23-6-4-3-5-7-23)26(28)21-10-8-20(18-32)9-11-21/h8-15,19,23,26,32H,3-7,16-18H2,1-2H3,(H,29,34)/t26-,28-/m1/s1. The quantitative estimate of drug-likeness (QED) is 0.418. The predicted molar refractivity (Wildman–Crippen MR) is 136 cm³/mol. The third kappa shape index (κ3) is 4.87. The van der Waals surface area contributed by atoms with Gasteiger partial charge in [0.05, 0.1) is 17.6 Å². The lowest BCUT2D eigenvalue weighted by molar-refractivity contribution is -0.384. The van der Waals surface area contributed by atoms with Crippen LogP contribution >= 0.6 is 0 Å². The molecule has 1 saturated heterocycles. The van der Waals surface area contributed by atoms with E-state index in [0.717, 1.165) is 43.2 Å². The fourth-order valence-electron chi connectivity index (χ4n) is 5.76. The highest BCUT2D eigenvalue weighted by molar-refractivity contribution is 5.98. The first-order valence-electron chi connectivity index (χ1n) is 12.8. The first-order chi connectivity index (χ1) is 17.3. The average molecular weight is 494 g/mol. The number of nitrogens with one attached hydrogen (secondary N) is 1. The van der Waals surface area contributed by atoms with E-state index in [-0.39, 0.29) is 42.5 Å². The summed E-state index contributed by atoms with van der Waals surface area (Å²) in [7, 11) is 0. The molecule has 1 aliphatic carbocycles. The van der Waals surface area contributed by atoms with Crippen molar-refractivity contribution in [1.29, 1.82) is 0 Å². The highest BCUT2D eigenvalue weighted by atomic mass is 16.6. The van der Waals surface area contributed by atoms with E-state index in [2.05, 4.69) is 5.32 Å². The molecule has 1 aliphatic heterocycles. The summed E-state index contributed by atoms with van der Waals surface area (Å²) in [5.74, 6) is -0.0965. The van der Waals surface area contributed by atoms with Crippen molar-refractivity contribution in [3.8, 4) is 0 Å². The Morgan fingerprint density at radius 3 is 2.31 bits per heavy atom. The molecule has 2 aromatic carbocycles. The fraction of sp³-hybridized carbons (Fsp3) is 0.500. The van der Waals surface area contributed by atoms with Crippen molar-refractivity contribution in [2.45, 2.75) is 76.5 Å². The normalized spacial score (nSPS) is 22.7. The summed E-state index contributed by atoms with van der Waals surface area (Å²) in [6.45, 7) is 4.38. The number of amides is 2. The molecule has 36 heavy (non-hydrogen) atoms. The third-order valence-corrected chi connectivity index (χ3v) is 7.58. The number of aliphatic hydroxyl groups is 1. The van der Waals surface area contributed by atoms with E-state index in [1.54, 1.807) is 12.1 Å². The van der Waals surface area contributed by atoms with Gasteiger partial charge in [0.15, 0.2) is 0 Å². The van der Waals surface area contributed by atoms with Crippen molar-refractivity contribution in [3.05, 3.63) is 75.3 Å². The van der Waals surface area contributed by atoms with Crippen LogP contribution in [0.1, 0.15) is 75.1 Å².